The molecule has 0 aromatic rings. The number of hydrogen-bond donors (Lipinski definition) is 2. The SMILES string of the molecule is C=CCOC(=O)C(CCN)(OC(C)C1CNCCO1)C(=O)OCC=C. The number of ether oxygens (including phenoxy) is 4. The molecule has 25 heavy (non-hydrogen) atoms. The second-order valence-corrected chi connectivity index (χ2v) is 5.58. The van der Waals surface area contributed by atoms with Gasteiger partial charge in [-0.25, -0.2) is 9.59 Å². The Morgan fingerprint density at radius 3 is 2.36 bits per heavy atom. The van der Waals surface area contributed by atoms with E-state index >= 15 is 0 Å². The number of carbonyl (C=O) groups is 2. The summed E-state index contributed by atoms with van der Waals surface area (Å²) < 4.78 is 21.7. The predicted molar refractivity (Wildman–Crippen MR) is 91.9 cm³/mol. The van der Waals surface area contributed by atoms with Crippen LogP contribution in [0, 0.1) is 0 Å². The van der Waals surface area contributed by atoms with Crippen molar-refractivity contribution in [3.8, 4) is 0 Å². The first kappa shape index (κ1) is 21.3. The molecule has 0 aliphatic carbocycles. The summed E-state index contributed by atoms with van der Waals surface area (Å²) in [5, 5.41) is 3.17. The third-order valence-corrected chi connectivity index (χ3v) is 3.69. The monoisotopic (exact) mass is 356 g/mol. The van der Waals surface area contributed by atoms with Crippen molar-refractivity contribution in [2.75, 3.05) is 39.5 Å². The lowest BCUT2D eigenvalue weighted by Crippen LogP contribution is -2.57. The Morgan fingerprint density at radius 2 is 1.92 bits per heavy atom. The number of hydrogen-bond acceptors (Lipinski definition) is 8. The van der Waals surface area contributed by atoms with Gasteiger partial charge in [0.25, 0.3) is 5.60 Å². The van der Waals surface area contributed by atoms with Crippen LogP contribution in [0.15, 0.2) is 25.3 Å². The molecule has 0 bridgehead atoms. The van der Waals surface area contributed by atoms with E-state index in [0.29, 0.717) is 13.2 Å². The van der Waals surface area contributed by atoms with Gasteiger partial charge in [0.05, 0.1) is 18.8 Å². The van der Waals surface area contributed by atoms with E-state index in [-0.39, 0.29) is 32.3 Å². The van der Waals surface area contributed by atoms with E-state index in [1.807, 2.05) is 0 Å². The van der Waals surface area contributed by atoms with Gasteiger partial charge in [-0.15, -0.1) is 0 Å². The highest BCUT2D eigenvalue weighted by Crippen LogP contribution is 2.25. The van der Waals surface area contributed by atoms with E-state index in [0.717, 1.165) is 6.54 Å². The van der Waals surface area contributed by atoms with Crippen LogP contribution in [0.5, 0.6) is 0 Å². The van der Waals surface area contributed by atoms with Crippen LogP contribution in [0.4, 0.5) is 0 Å². The maximum Gasteiger partial charge on any atom is 0.350 e. The summed E-state index contributed by atoms with van der Waals surface area (Å²) in [5.74, 6) is -1.72. The maximum absolute atomic E-state index is 12.6. The summed E-state index contributed by atoms with van der Waals surface area (Å²) in [6.07, 6.45) is 1.84. The minimum absolute atomic E-state index is 0.0306. The van der Waals surface area contributed by atoms with Crippen LogP contribution < -0.4 is 11.1 Å². The molecule has 0 aromatic carbocycles. The van der Waals surface area contributed by atoms with Crippen LogP contribution in [-0.2, 0) is 28.5 Å². The lowest BCUT2D eigenvalue weighted by atomic mass is 9.98. The molecule has 0 spiro atoms. The minimum atomic E-state index is -1.96. The van der Waals surface area contributed by atoms with E-state index < -0.39 is 23.6 Å². The third kappa shape index (κ3) is 5.93. The van der Waals surface area contributed by atoms with Crippen LogP contribution in [0.25, 0.3) is 0 Å². The molecule has 142 valence electrons. The van der Waals surface area contributed by atoms with Crippen molar-refractivity contribution in [2.45, 2.75) is 31.2 Å². The minimum Gasteiger partial charge on any atom is -0.459 e. The van der Waals surface area contributed by atoms with Gasteiger partial charge in [0.1, 0.15) is 13.2 Å². The second kappa shape index (κ2) is 11.0. The van der Waals surface area contributed by atoms with Crippen molar-refractivity contribution in [1.82, 2.24) is 5.32 Å². The molecule has 8 heteroatoms. The second-order valence-electron chi connectivity index (χ2n) is 5.58. The summed E-state index contributed by atoms with van der Waals surface area (Å²) in [6.45, 7) is 10.4. The molecule has 2 atom stereocenters. The first-order valence-corrected chi connectivity index (χ1v) is 8.28. The van der Waals surface area contributed by atoms with Gasteiger partial charge in [-0.05, 0) is 13.5 Å². The lowest BCUT2D eigenvalue weighted by molar-refractivity contribution is -0.206. The van der Waals surface area contributed by atoms with Gasteiger partial charge in [0, 0.05) is 19.5 Å². The Labute approximate surface area is 148 Å². The molecule has 1 heterocycles. The van der Waals surface area contributed by atoms with Crippen LogP contribution in [-0.4, -0.2) is 69.2 Å². The normalized spacial score (nSPS) is 18.9. The average Bonchev–Trinajstić information content (AvgIpc) is 2.64. The predicted octanol–water partition coefficient (Wildman–Crippen LogP) is -0.0741. The Kier molecular flexibility index (Phi) is 9.36. The topological polar surface area (TPSA) is 109 Å². The number of nitrogens with one attached hydrogen (secondary N) is 1. The maximum atomic E-state index is 12.6. The van der Waals surface area contributed by atoms with Crippen LogP contribution >= 0.6 is 0 Å². The quantitative estimate of drug-likeness (QED) is 0.301. The summed E-state index contributed by atoms with van der Waals surface area (Å²) in [6, 6.07) is 0. The van der Waals surface area contributed by atoms with Crippen molar-refractivity contribution in [2.24, 2.45) is 5.73 Å². The summed E-state index contributed by atoms with van der Waals surface area (Å²) >= 11 is 0. The lowest BCUT2D eigenvalue weighted by Gasteiger charge is -2.35. The van der Waals surface area contributed by atoms with Crippen molar-refractivity contribution >= 4 is 11.9 Å². The molecule has 0 saturated carbocycles. The first-order chi connectivity index (χ1) is 12.0. The van der Waals surface area contributed by atoms with Crippen LogP contribution in [0.3, 0.4) is 0 Å². The fourth-order valence-electron chi connectivity index (χ4n) is 2.43. The average molecular weight is 356 g/mol. The van der Waals surface area contributed by atoms with Gasteiger partial charge < -0.3 is 30.0 Å². The van der Waals surface area contributed by atoms with Gasteiger partial charge in [-0.1, -0.05) is 25.3 Å². The smallest absolute Gasteiger partial charge is 0.350 e. The molecule has 1 aliphatic rings. The third-order valence-electron chi connectivity index (χ3n) is 3.69. The Hall–Kier alpha value is -1.74. The largest absolute Gasteiger partial charge is 0.459 e. The molecule has 1 aliphatic heterocycles. The zero-order valence-corrected chi connectivity index (χ0v) is 14.7. The van der Waals surface area contributed by atoms with Crippen molar-refractivity contribution in [3.05, 3.63) is 25.3 Å². The van der Waals surface area contributed by atoms with Crippen molar-refractivity contribution in [1.29, 1.82) is 0 Å². The molecule has 1 rings (SSSR count). The molecule has 1 saturated heterocycles. The van der Waals surface area contributed by atoms with Crippen LogP contribution in [0.1, 0.15) is 13.3 Å². The van der Waals surface area contributed by atoms with E-state index in [2.05, 4.69) is 18.5 Å². The first-order valence-electron chi connectivity index (χ1n) is 8.28. The summed E-state index contributed by atoms with van der Waals surface area (Å²) in [5.41, 5.74) is 3.66. The van der Waals surface area contributed by atoms with E-state index in [1.54, 1.807) is 6.92 Å². The summed E-state index contributed by atoms with van der Waals surface area (Å²) in [7, 11) is 0. The Morgan fingerprint density at radius 1 is 1.32 bits per heavy atom. The standard InChI is InChI=1S/C17H28N2O6/c1-4-9-23-15(20)17(6-7-18,16(21)24-10-5-2)25-13(3)14-12-19-8-11-22-14/h4-5,13-14,19H,1-2,6-12,18H2,3H3. The van der Waals surface area contributed by atoms with Gasteiger partial charge in [0.15, 0.2) is 0 Å². The number of rotatable bonds is 11. The highest BCUT2D eigenvalue weighted by molar-refractivity contribution is 6.03. The molecule has 0 aromatic heterocycles. The molecule has 3 N–H and O–H groups in total. The highest BCUT2D eigenvalue weighted by Gasteiger charge is 2.52. The molecular formula is C17H28N2O6. The molecule has 0 amide bonds. The molecule has 1 fully saturated rings. The zero-order chi connectivity index (χ0) is 18.7. The highest BCUT2D eigenvalue weighted by atomic mass is 16.6. The molecule has 0 radical (unpaired) electrons. The number of morpholine rings is 1. The molecule has 2 unspecified atom stereocenters. The summed E-state index contributed by atoms with van der Waals surface area (Å²) in [4.78, 5) is 25.2. The van der Waals surface area contributed by atoms with Gasteiger partial charge in [-0.3, -0.25) is 0 Å². The van der Waals surface area contributed by atoms with Gasteiger partial charge in [-0.2, -0.15) is 0 Å². The number of nitrogens with two attached hydrogens (primary N) is 1. The van der Waals surface area contributed by atoms with Gasteiger partial charge in [0.2, 0.25) is 0 Å². The number of esters is 2. The zero-order valence-electron chi connectivity index (χ0n) is 14.7. The van der Waals surface area contributed by atoms with E-state index in [4.69, 9.17) is 24.7 Å². The molecular weight excluding hydrogens is 328 g/mol. The fourth-order valence-corrected chi connectivity index (χ4v) is 2.43. The molecule has 8 nitrogen and oxygen atoms in total. The van der Waals surface area contributed by atoms with Crippen molar-refractivity contribution < 1.29 is 28.5 Å². The van der Waals surface area contributed by atoms with Crippen molar-refractivity contribution in [3.63, 3.8) is 0 Å². The Balaban J connectivity index is 3.02. The van der Waals surface area contributed by atoms with Crippen LogP contribution in [0.2, 0.25) is 0 Å². The van der Waals surface area contributed by atoms with Gasteiger partial charge >= 0.3 is 11.9 Å². The van der Waals surface area contributed by atoms with E-state index in [9.17, 15) is 9.59 Å². The number of carbonyl (C=O) groups excluding carboxylic acids is 2. The van der Waals surface area contributed by atoms with E-state index in [1.165, 1.54) is 12.2 Å². The Bertz CT molecular complexity index is 438. The fraction of sp³-hybridized carbons (Fsp3) is 0.647.